The molecule has 134 valence electrons. The lowest BCUT2D eigenvalue weighted by molar-refractivity contribution is 0.0528. The number of primary amides is 1. The zero-order valence-electron chi connectivity index (χ0n) is 14.4. The van der Waals surface area contributed by atoms with Crippen molar-refractivity contribution >= 4 is 18.0 Å². The third-order valence-corrected chi connectivity index (χ3v) is 2.64. The monoisotopic (exact) mass is 339 g/mol. The van der Waals surface area contributed by atoms with Crippen LogP contribution in [0.2, 0.25) is 0 Å². The highest BCUT2D eigenvalue weighted by atomic mass is 16.6. The van der Waals surface area contributed by atoms with Gasteiger partial charge in [-0.1, -0.05) is 0 Å². The molecule has 0 saturated heterocycles. The van der Waals surface area contributed by atoms with Gasteiger partial charge in [0.1, 0.15) is 11.4 Å². The number of hydrogen-bond acceptors (Lipinski definition) is 5. The molecule has 0 saturated carbocycles. The Bertz CT molecular complexity index is 589. The van der Waals surface area contributed by atoms with Gasteiger partial charge in [-0.2, -0.15) is 0 Å². The summed E-state index contributed by atoms with van der Waals surface area (Å²) >= 11 is 0. The second-order valence-electron chi connectivity index (χ2n) is 5.91. The van der Waals surface area contributed by atoms with Gasteiger partial charge >= 0.3 is 6.09 Å². The molecule has 5 N–H and O–H groups in total. The van der Waals surface area contributed by atoms with E-state index in [9.17, 15) is 9.59 Å². The van der Waals surface area contributed by atoms with E-state index in [4.69, 9.17) is 14.9 Å². The fraction of sp³-hybridized carbons (Fsp3) is 0.533. The van der Waals surface area contributed by atoms with Gasteiger partial charge in [0.2, 0.25) is 0 Å². The predicted molar refractivity (Wildman–Crippen MR) is 89.7 cm³/mol. The van der Waals surface area contributed by atoms with Crippen molar-refractivity contribution < 1.29 is 18.7 Å². The lowest BCUT2D eigenvalue weighted by Crippen LogP contribution is -2.42. The molecular formula is C15H25N5O4. The number of hydrogen-bond donors (Lipinski definition) is 4. The largest absolute Gasteiger partial charge is 0.454 e. The molecule has 0 aliphatic carbocycles. The van der Waals surface area contributed by atoms with Crippen molar-refractivity contribution in [3.63, 3.8) is 0 Å². The number of nitrogens with one attached hydrogen (secondary N) is 3. The number of nitrogens with two attached hydrogens (primary N) is 1. The van der Waals surface area contributed by atoms with Gasteiger partial charge in [0, 0.05) is 20.1 Å². The van der Waals surface area contributed by atoms with Gasteiger partial charge in [-0.15, -0.1) is 0 Å². The van der Waals surface area contributed by atoms with Crippen LogP contribution in [0.15, 0.2) is 21.5 Å². The molecule has 9 nitrogen and oxygen atoms in total. The second kappa shape index (κ2) is 8.80. The highest BCUT2D eigenvalue weighted by molar-refractivity contribution is 5.89. The molecule has 0 aromatic carbocycles. The zero-order valence-corrected chi connectivity index (χ0v) is 14.4. The maximum atomic E-state index is 11.5. The maximum absolute atomic E-state index is 11.5. The first-order valence-corrected chi connectivity index (χ1v) is 7.51. The van der Waals surface area contributed by atoms with E-state index in [-0.39, 0.29) is 5.76 Å². The lowest BCUT2D eigenvalue weighted by Gasteiger charge is -2.19. The summed E-state index contributed by atoms with van der Waals surface area (Å²) in [6, 6.07) is 3.17. The molecule has 0 aliphatic heterocycles. The summed E-state index contributed by atoms with van der Waals surface area (Å²) in [7, 11) is 1.62. The quantitative estimate of drug-likeness (QED) is 0.340. The van der Waals surface area contributed by atoms with Crippen molar-refractivity contribution in [3.8, 4) is 0 Å². The summed E-state index contributed by atoms with van der Waals surface area (Å²) in [6.07, 6.45) is -0.471. The Hall–Kier alpha value is -2.71. The molecule has 0 bridgehead atoms. The molecular weight excluding hydrogens is 314 g/mol. The minimum Gasteiger partial charge on any atom is -0.454 e. The Labute approximate surface area is 141 Å². The number of furan rings is 1. The summed E-state index contributed by atoms with van der Waals surface area (Å²) in [4.78, 5) is 26.5. The van der Waals surface area contributed by atoms with Gasteiger partial charge in [0.05, 0.1) is 6.54 Å². The Morgan fingerprint density at radius 2 is 1.88 bits per heavy atom. The van der Waals surface area contributed by atoms with Crippen molar-refractivity contribution in [2.75, 3.05) is 20.1 Å². The highest BCUT2D eigenvalue weighted by Gasteiger charge is 2.15. The van der Waals surface area contributed by atoms with Crippen molar-refractivity contribution in [1.29, 1.82) is 0 Å². The summed E-state index contributed by atoms with van der Waals surface area (Å²) in [5.41, 5.74) is 4.59. The number of guanidine groups is 1. The van der Waals surface area contributed by atoms with Crippen LogP contribution in [0.25, 0.3) is 0 Å². The number of rotatable bonds is 6. The standard InChI is InChI=1S/C15H25N5O4/c1-15(2,3)24-14(22)19-8-7-18-13(17-4)20-9-10-5-6-11(23-10)12(16)21/h5-6H,7-9H2,1-4H3,(H2,16,21)(H,19,22)(H2,17,18,20). The van der Waals surface area contributed by atoms with Gasteiger partial charge < -0.3 is 30.8 Å². The molecule has 0 unspecified atom stereocenters. The van der Waals surface area contributed by atoms with Gasteiger partial charge in [0.25, 0.3) is 5.91 Å². The molecule has 1 rings (SSSR count). The molecule has 0 aliphatic rings. The Balaban J connectivity index is 2.28. The fourth-order valence-electron chi connectivity index (χ4n) is 1.66. The number of aliphatic imine (C=N–C) groups is 1. The molecule has 1 heterocycles. The van der Waals surface area contributed by atoms with Gasteiger partial charge in [0.15, 0.2) is 11.7 Å². The predicted octanol–water partition coefficient (Wildman–Crippen LogP) is 0.568. The Morgan fingerprint density at radius 3 is 2.42 bits per heavy atom. The summed E-state index contributed by atoms with van der Waals surface area (Å²) in [6.45, 7) is 6.58. The van der Waals surface area contributed by atoms with E-state index in [0.717, 1.165) is 0 Å². The van der Waals surface area contributed by atoms with Crippen LogP contribution in [0, 0.1) is 0 Å². The van der Waals surface area contributed by atoms with Crippen molar-refractivity contribution in [3.05, 3.63) is 23.7 Å². The van der Waals surface area contributed by atoms with Crippen molar-refractivity contribution in [2.45, 2.75) is 32.9 Å². The normalized spacial score (nSPS) is 11.8. The second-order valence-corrected chi connectivity index (χ2v) is 5.91. The first kappa shape index (κ1) is 19.3. The average molecular weight is 339 g/mol. The van der Waals surface area contributed by atoms with Crippen LogP contribution in [0.5, 0.6) is 0 Å². The van der Waals surface area contributed by atoms with Crippen LogP contribution in [0.1, 0.15) is 37.1 Å². The van der Waals surface area contributed by atoms with E-state index in [1.165, 1.54) is 6.07 Å². The van der Waals surface area contributed by atoms with Gasteiger partial charge in [-0.05, 0) is 32.9 Å². The average Bonchev–Trinajstić information content (AvgIpc) is 2.93. The summed E-state index contributed by atoms with van der Waals surface area (Å²) < 4.78 is 10.4. The number of carbonyl (C=O) groups is 2. The van der Waals surface area contributed by atoms with Gasteiger partial charge in [-0.25, -0.2) is 4.79 Å². The summed E-state index contributed by atoms with van der Waals surface area (Å²) in [5, 5.41) is 8.67. The first-order valence-electron chi connectivity index (χ1n) is 7.51. The fourth-order valence-corrected chi connectivity index (χ4v) is 1.66. The van der Waals surface area contributed by atoms with Crippen molar-refractivity contribution in [1.82, 2.24) is 16.0 Å². The van der Waals surface area contributed by atoms with E-state index in [2.05, 4.69) is 20.9 Å². The molecule has 0 atom stereocenters. The maximum Gasteiger partial charge on any atom is 0.407 e. The molecule has 1 aromatic heterocycles. The molecule has 0 fully saturated rings. The van der Waals surface area contributed by atoms with Crippen LogP contribution in [-0.4, -0.2) is 43.7 Å². The first-order chi connectivity index (χ1) is 11.2. The van der Waals surface area contributed by atoms with E-state index in [1.807, 2.05) is 0 Å². The highest BCUT2D eigenvalue weighted by Crippen LogP contribution is 2.07. The molecule has 24 heavy (non-hydrogen) atoms. The van der Waals surface area contributed by atoms with Crippen LogP contribution in [-0.2, 0) is 11.3 Å². The third-order valence-electron chi connectivity index (χ3n) is 2.64. The third kappa shape index (κ3) is 7.52. The van der Waals surface area contributed by atoms with Crippen LogP contribution < -0.4 is 21.7 Å². The van der Waals surface area contributed by atoms with E-state index in [1.54, 1.807) is 33.9 Å². The Kier molecular flexibility index (Phi) is 7.09. The minimum absolute atomic E-state index is 0.108. The molecule has 0 spiro atoms. The van der Waals surface area contributed by atoms with Crippen LogP contribution in [0.4, 0.5) is 4.79 Å². The van der Waals surface area contributed by atoms with E-state index < -0.39 is 17.6 Å². The van der Waals surface area contributed by atoms with Gasteiger partial charge in [-0.3, -0.25) is 9.79 Å². The number of ether oxygens (including phenoxy) is 1. The number of carbonyl (C=O) groups excluding carboxylic acids is 2. The van der Waals surface area contributed by atoms with E-state index in [0.29, 0.717) is 31.4 Å². The van der Waals surface area contributed by atoms with Crippen LogP contribution in [0.3, 0.4) is 0 Å². The molecule has 9 heteroatoms. The SMILES string of the molecule is CN=C(NCCNC(=O)OC(C)(C)C)NCc1ccc(C(N)=O)o1. The zero-order chi connectivity index (χ0) is 18.2. The number of alkyl carbamates (subject to hydrolysis) is 1. The minimum atomic E-state index is -0.614. The molecule has 1 aromatic rings. The lowest BCUT2D eigenvalue weighted by atomic mass is 10.2. The van der Waals surface area contributed by atoms with E-state index >= 15 is 0 Å². The summed E-state index contributed by atoms with van der Waals surface area (Å²) in [5.74, 6) is 0.574. The van der Waals surface area contributed by atoms with Crippen LogP contribution >= 0.6 is 0 Å². The topological polar surface area (TPSA) is 131 Å². The van der Waals surface area contributed by atoms with Crippen molar-refractivity contribution in [2.24, 2.45) is 10.7 Å². The number of nitrogens with zero attached hydrogens (tertiary/aromatic N) is 1. The smallest absolute Gasteiger partial charge is 0.407 e. The molecule has 2 amide bonds. The molecule has 0 radical (unpaired) electrons. The Morgan fingerprint density at radius 1 is 1.21 bits per heavy atom. The number of amides is 2.